The van der Waals surface area contributed by atoms with E-state index >= 15 is 0 Å². The normalized spacial score (nSPS) is 11.1. The van der Waals surface area contributed by atoms with E-state index in [0.717, 1.165) is 0 Å². The van der Waals surface area contributed by atoms with E-state index in [1.165, 1.54) is 13.4 Å². The number of carboxylic acid groups (broad SMARTS) is 1. The summed E-state index contributed by atoms with van der Waals surface area (Å²) < 4.78 is 18.0. The summed E-state index contributed by atoms with van der Waals surface area (Å²) in [6.07, 6.45) is 1.20. The number of methoxy groups -OCH3 is 1. The number of aryl methyl sites for hydroxylation is 1. The quantitative estimate of drug-likeness (QED) is 0.472. The third kappa shape index (κ3) is 4.50. The van der Waals surface area contributed by atoms with Gasteiger partial charge in [0.05, 0.1) is 19.4 Å². The molecule has 0 amide bonds. The van der Waals surface area contributed by atoms with Gasteiger partial charge in [-0.05, 0) is 23.3 Å². The number of ether oxygens (including phenoxy) is 3. The summed E-state index contributed by atoms with van der Waals surface area (Å²) >= 11 is 0. The van der Waals surface area contributed by atoms with Gasteiger partial charge in [-0.1, -0.05) is 42.5 Å². The highest BCUT2D eigenvalue weighted by molar-refractivity contribution is 6.15. The third-order valence-electron chi connectivity index (χ3n) is 3.93. The van der Waals surface area contributed by atoms with Crippen LogP contribution in [0.1, 0.15) is 11.1 Å². The standard InChI is InChI=1S/C21H20N2O5/c1-23-20(28-16-9-4-3-5-10-16)12-19(22-23)27-13-15-8-6-7-11-17(15)18(14-26-2)21(24)25/h3-12,14H,13H2,1-2H3,(H,24,25)/b18-14+. The fraction of sp³-hybridized carbons (Fsp3) is 0.143. The second-order valence-corrected chi connectivity index (χ2v) is 5.88. The summed E-state index contributed by atoms with van der Waals surface area (Å²) in [5.41, 5.74) is 1.27. The van der Waals surface area contributed by atoms with Gasteiger partial charge < -0.3 is 19.3 Å². The average Bonchev–Trinajstić information content (AvgIpc) is 3.05. The number of aromatic nitrogens is 2. The van der Waals surface area contributed by atoms with Gasteiger partial charge in [0.15, 0.2) is 0 Å². The van der Waals surface area contributed by atoms with Gasteiger partial charge >= 0.3 is 5.97 Å². The van der Waals surface area contributed by atoms with Crippen LogP contribution in [0.3, 0.4) is 0 Å². The summed E-state index contributed by atoms with van der Waals surface area (Å²) in [6, 6.07) is 18.1. The van der Waals surface area contributed by atoms with Crippen molar-refractivity contribution in [3.05, 3.63) is 78.1 Å². The average molecular weight is 380 g/mol. The number of rotatable bonds is 8. The van der Waals surface area contributed by atoms with E-state index in [-0.39, 0.29) is 12.2 Å². The summed E-state index contributed by atoms with van der Waals surface area (Å²) in [6.45, 7) is 0.145. The molecule has 0 aliphatic carbocycles. The Morgan fingerprint density at radius 2 is 1.86 bits per heavy atom. The number of carbonyl (C=O) groups is 1. The molecule has 0 aliphatic heterocycles. The maximum absolute atomic E-state index is 11.5. The lowest BCUT2D eigenvalue weighted by atomic mass is 10.0. The molecule has 7 heteroatoms. The van der Waals surface area contributed by atoms with E-state index in [2.05, 4.69) is 5.10 Å². The summed E-state index contributed by atoms with van der Waals surface area (Å²) in [7, 11) is 3.16. The highest BCUT2D eigenvalue weighted by atomic mass is 16.5. The monoisotopic (exact) mass is 380 g/mol. The molecule has 3 rings (SSSR count). The number of hydrogen-bond acceptors (Lipinski definition) is 5. The minimum atomic E-state index is -1.08. The van der Waals surface area contributed by atoms with Crippen molar-refractivity contribution in [2.24, 2.45) is 7.05 Å². The molecule has 0 unspecified atom stereocenters. The van der Waals surface area contributed by atoms with E-state index in [0.29, 0.717) is 28.6 Å². The predicted molar refractivity (Wildman–Crippen MR) is 103 cm³/mol. The highest BCUT2D eigenvalue weighted by Gasteiger charge is 2.16. The topological polar surface area (TPSA) is 82.8 Å². The molecule has 0 saturated carbocycles. The van der Waals surface area contributed by atoms with E-state index < -0.39 is 5.97 Å². The number of benzene rings is 2. The Balaban J connectivity index is 1.76. The molecule has 0 bridgehead atoms. The van der Waals surface area contributed by atoms with Crippen molar-refractivity contribution >= 4 is 11.5 Å². The number of nitrogens with zero attached hydrogens (tertiary/aromatic N) is 2. The molecule has 7 nitrogen and oxygen atoms in total. The Bertz CT molecular complexity index is 979. The number of carboxylic acids is 1. The SMILES string of the molecule is CO/C=C(/C(=O)O)c1ccccc1COc1cc(Oc2ccccc2)n(C)n1. The van der Waals surface area contributed by atoms with Gasteiger partial charge in [0.1, 0.15) is 17.9 Å². The van der Waals surface area contributed by atoms with E-state index in [1.807, 2.05) is 36.4 Å². The molecule has 0 radical (unpaired) electrons. The van der Waals surface area contributed by atoms with Crippen molar-refractivity contribution in [2.45, 2.75) is 6.61 Å². The van der Waals surface area contributed by atoms with Crippen molar-refractivity contribution in [2.75, 3.05) is 7.11 Å². The van der Waals surface area contributed by atoms with Crippen molar-refractivity contribution in [3.63, 3.8) is 0 Å². The van der Waals surface area contributed by atoms with Crippen LogP contribution < -0.4 is 9.47 Å². The minimum absolute atomic E-state index is 0.0517. The van der Waals surface area contributed by atoms with E-state index in [4.69, 9.17) is 14.2 Å². The molecule has 1 N–H and O–H groups in total. The molecule has 0 aliphatic rings. The van der Waals surface area contributed by atoms with Crippen molar-refractivity contribution in [3.8, 4) is 17.5 Å². The fourth-order valence-corrected chi connectivity index (χ4v) is 2.61. The largest absolute Gasteiger partial charge is 0.503 e. The molecular formula is C21H20N2O5. The maximum Gasteiger partial charge on any atom is 0.339 e. The van der Waals surface area contributed by atoms with Gasteiger partial charge in [-0.25, -0.2) is 9.48 Å². The zero-order valence-corrected chi connectivity index (χ0v) is 15.5. The molecule has 0 saturated heterocycles. The van der Waals surface area contributed by atoms with Crippen LogP contribution >= 0.6 is 0 Å². The van der Waals surface area contributed by atoms with Crippen molar-refractivity contribution in [1.29, 1.82) is 0 Å². The summed E-state index contributed by atoms with van der Waals surface area (Å²) in [5.74, 6) is 0.514. The Hall–Kier alpha value is -3.74. The Kier molecular flexibility index (Phi) is 5.96. The lowest BCUT2D eigenvalue weighted by Crippen LogP contribution is -2.06. The second kappa shape index (κ2) is 8.77. The molecule has 2 aromatic carbocycles. The van der Waals surface area contributed by atoms with Gasteiger partial charge in [-0.2, -0.15) is 0 Å². The fourth-order valence-electron chi connectivity index (χ4n) is 2.61. The Labute approximate surface area is 162 Å². The van der Waals surface area contributed by atoms with Crippen LogP contribution in [-0.2, 0) is 23.2 Å². The highest BCUT2D eigenvalue weighted by Crippen LogP contribution is 2.26. The Morgan fingerprint density at radius 1 is 1.14 bits per heavy atom. The van der Waals surface area contributed by atoms with E-state index in [9.17, 15) is 9.90 Å². The lowest BCUT2D eigenvalue weighted by molar-refractivity contribution is -0.130. The zero-order valence-electron chi connectivity index (χ0n) is 15.5. The summed E-state index contributed by atoms with van der Waals surface area (Å²) in [5, 5.41) is 13.7. The number of hydrogen-bond donors (Lipinski definition) is 1. The van der Waals surface area contributed by atoms with Gasteiger partial charge in [-0.3, -0.25) is 0 Å². The van der Waals surface area contributed by atoms with Crippen LogP contribution in [0.15, 0.2) is 66.9 Å². The molecule has 144 valence electrons. The molecular weight excluding hydrogens is 360 g/mol. The van der Waals surface area contributed by atoms with E-state index in [1.54, 1.807) is 36.0 Å². The maximum atomic E-state index is 11.5. The molecule has 1 heterocycles. The molecule has 28 heavy (non-hydrogen) atoms. The first-order chi connectivity index (χ1) is 13.6. The first-order valence-electron chi connectivity index (χ1n) is 8.52. The smallest absolute Gasteiger partial charge is 0.339 e. The predicted octanol–water partition coefficient (Wildman–Crippen LogP) is 3.86. The van der Waals surface area contributed by atoms with Gasteiger partial charge in [0, 0.05) is 7.05 Å². The van der Waals surface area contributed by atoms with Crippen LogP contribution in [-0.4, -0.2) is 28.0 Å². The summed E-state index contributed by atoms with van der Waals surface area (Å²) in [4.78, 5) is 11.5. The van der Waals surface area contributed by atoms with Crippen LogP contribution in [0.2, 0.25) is 0 Å². The van der Waals surface area contributed by atoms with Gasteiger partial charge in [0.25, 0.3) is 0 Å². The zero-order chi connectivity index (χ0) is 19.9. The third-order valence-corrected chi connectivity index (χ3v) is 3.93. The molecule has 3 aromatic rings. The molecule has 0 fully saturated rings. The van der Waals surface area contributed by atoms with Crippen LogP contribution in [0.4, 0.5) is 0 Å². The van der Waals surface area contributed by atoms with Crippen molar-refractivity contribution < 1.29 is 24.1 Å². The van der Waals surface area contributed by atoms with Crippen LogP contribution in [0.5, 0.6) is 17.5 Å². The van der Waals surface area contributed by atoms with Gasteiger partial charge in [0.2, 0.25) is 11.8 Å². The lowest BCUT2D eigenvalue weighted by Gasteiger charge is -2.10. The van der Waals surface area contributed by atoms with Crippen molar-refractivity contribution in [1.82, 2.24) is 9.78 Å². The number of para-hydroxylation sites is 1. The number of aliphatic carboxylic acids is 1. The van der Waals surface area contributed by atoms with Crippen LogP contribution in [0, 0.1) is 0 Å². The minimum Gasteiger partial charge on any atom is -0.503 e. The first kappa shape index (κ1) is 19.0. The molecule has 1 aromatic heterocycles. The second-order valence-electron chi connectivity index (χ2n) is 5.88. The molecule has 0 spiro atoms. The van der Waals surface area contributed by atoms with Crippen LogP contribution in [0.25, 0.3) is 5.57 Å². The molecule has 0 atom stereocenters. The first-order valence-corrected chi connectivity index (χ1v) is 8.52. The van der Waals surface area contributed by atoms with Gasteiger partial charge in [-0.15, -0.1) is 5.10 Å². The Morgan fingerprint density at radius 3 is 2.57 bits per heavy atom.